The van der Waals surface area contributed by atoms with Gasteiger partial charge in [0, 0.05) is 12.6 Å². The van der Waals surface area contributed by atoms with Crippen molar-refractivity contribution < 1.29 is 4.79 Å². The van der Waals surface area contributed by atoms with Gasteiger partial charge in [0.15, 0.2) is 0 Å². The Labute approximate surface area is 150 Å². The second kappa shape index (κ2) is 6.12. The highest BCUT2D eigenvalue weighted by atomic mass is 16.2. The first-order valence-corrected chi connectivity index (χ1v) is 8.93. The van der Waals surface area contributed by atoms with Crippen molar-refractivity contribution >= 4 is 23.4 Å². The van der Waals surface area contributed by atoms with Gasteiger partial charge in [-0.05, 0) is 44.2 Å². The number of fused-ring (bicyclic) bond motifs is 2. The van der Waals surface area contributed by atoms with Gasteiger partial charge in [-0.3, -0.25) is 14.2 Å². The summed E-state index contributed by atoms with van der Waals surface area (Å²) in [5, 5.41) is 6.06. The third-order valence-corrected chi connectivity index (χ3v) is 5.19. The zero-order chi connectivity index (χ0) is 18.3. The monoisotopic (exact) mass is 354 g/mol. The molecule has 1 saturated carbocycles. The van der Waals surface area contributed by atoms with Crippen LogP contribution in [0.2, 0.25) is 0 Å². The second-order valence-electron chi connectivity index (χ2n) is 7.05. The zero-order valence-corrected chi connectivity index (χ0v) is 14.7. The molecule has 4 rings (SSSR count). The molecular formula is C18H22N6O2. The van der Waals surface area contributed by atoms with Crippen LogP contribution in [0, 0.1) is 6.92 Å². The highest BCUT2D eigenvalue weighted by molar-refractivity contribution is 6.04. The number of nitrogens with two attached hydrogens (primary N) is 1. The van der Waals surface area contributed by atoms with Gasteiger partial charge in [-0.15, -0.1) is 0 Å². The Hall–Kier alpha value is -2.90. The van der Waals surface area contributed by atoms with Crippen LogP contribution < -0.4 is 21.9 Å². The second-order valence-corrected chi connectivity index (χ2v) is 7.05. The van der Waals surface area contributed by atoms with Crippen LogP contribution in [-0.4, -0.2) is 22.3 Å². The number of pyridine rings is 1. The molecule has 2 aliphatic heterocycles. The molecule has 4 N–H and O–H groups in total. The number of rotatable bonds is 1. The van der Waals surface area contributed by atoms with E-state index in [1.54, 1.807) is 22.9 Å². The van der Waals surface area contributed by atoms with Crippen LogP contribution in [0.4, 0.5) is 5.69 Å². The van der Waals surface area contributed by atoms with Crippen LogP contribution in [-0.2, 0) is 5.66 Å². The Morgan fingerprint density at radius 2 is 2.04 bits per heavy atom. The van der Waals surface area contributed by atoms with E-state index < -0.39 is 5.66 Å². The first-order valence-electron chi connectivity index (χ1n) is 8.93. The summed E-state index contributed by atoms with van der Waals surface area (Å²) in [6, 6.07) is 1.68. The lowest BCUT2D eigenvalue weighted by Crippen LogP contribution is -2.49. The summed E-state index contributed by atoms with van der Waals surface area (Å²) in [5.41, 5.74) is 6.50. The summed E-state index contributed by atoms with van der Waals surface area (Å²) in [7, 11) is 0. The van der Waals surface area contributed by atoms with Crippen LogP contribution in [0.1, 0.15) is 54.6 Å². The van der Waals surface area contributed by atoms with Gasteiger partial charge in [0.05, 0.1) is 0 Å². The van der Waals surface area contributed by atoms with Crippen LogP contribution in [0.15, 0.2) is 33.1 Å². The third-order valence-electron chi connectivity index (χ3n) is 5.19. The molecule has 3 aliphatic rings. The van der Waals surface area contributed by atoms with E-state index in [-0.39, 0.29) is 17.4 Å². The number of hydrogen-bond donors (Lipinski definition) is 3. The predicted molar refractivity (Wildman–Crippen MR) is 100 cm³/mol. The lowest BCUT2D eigenvalue weighted by molar-refractivity contribution is 0.0876. The fraction of sp³-hybridized carbons (Fsp3) is 0.444. The van der Waals surface area contributed by atoms with E-state index in [0.29, 0.717) is 23.6 Å². The molecule has 0 bridgehead atoms. The third kappa shape index (κ3) is 2.61. The van der Waals surface area contributed by atoms with Crippen molar-refractivity contribution in [1.82, 2.24) is 9.88 Å². The van der Waals surface area contributed by atoms with Crippen LogP contribution in [0.25, 0.3) is 0 Å². The lowest BCUT2D eigenvalue weighted by atomic mass is 9.89. The number of anilines is 1. The standard InChI is InChI=1S/C18H22N6O2/c1-11-10-12(21-17-20-9-5-6-13(19)22-17)16(26)24-14(11)15(25)23-18(24)7-3-2-4-8-18/h5,9-10H,2-4,6-8H2,1H3,(H,23,25)(H3,19,20,21,22). The molecule has 1 fully saturated rings. The fourth-order valence-corrected chi connectivity index (χ4v) is 4.02. The van der Waals surface area contributed by atoms with Gasteiger partial charge in [0.25, 0.3) is 11.5 Å². The molecule has 0 saturated heterocycles. The molecule has 0 aromatic carbocycles. The Bertz CT molecular complexity index is 918. The van der Waals surface area contributed by atoms with Gasteiger partial charge in [-0.25, -0.2) is 4.99 Å². The SMILES string of the molecule is Cc1cc(NC2=NC=CCC(N)=N2)c(=O)n2c1C(=O)NC21CCCCC1. The molecule has 1 aromatic rings. The van der Waals surface area contributed by atoms with E-state index in [9.17, 15) is 9.59 Å². The Kier molecular flexibility index (Phi) is 3.90. The number of aromatic nitrogens is 1. The Morgan fingerprint density at radius 1 is 1.27 bits per heavy atom. The van der Waals surface area contributed by atoms with E-state index in [4.69, 9.17) is 5.73 Å². The molecule has 1 amide bonds. The number of amidine groups is 1. The van der Waals surface area contributed by atoms with Gasteiger partial charge in [-0.1, -0.05) is 12.5 Å². The number of carbonyl (C=O) groups excluding carboxylic acids is 1. The van der Waals surface area contributed by atoms with Gasteiger partial charge < -0.3 is 16.4 Å². The maximum atomic E-state index is 13.2. The van der Waals surface area contributed by atoms with Crippen molar-refractivity contribution in [2.75, 3.05) is 5.32 Å². The molecule has 136 valence electrons. The van der Waals surface area contributed by atoms with Crippen molar-refractivity contribution in [2.45, 2.75) is 51.1 Å². The van der Waals surface area contributed by atoms with E-state index in [0.717, 1.165) is 37.7 Å². The molecule has 26 heavy (non-hydrogen) atoms. The van der Waals surface area contributed by atoms with E-state index >= 15 is 0 Å². The molecule has 8 nitrogen and oxygen atoms in total. The van der Waals surface area contributed by atoms with Gasteiger partial charge in [0.2, 0.25) is 5.96 Å². The van der Waals surface area contributed by atoms with Crippen LogP contribution in [0.3, 0.4) is 0 Å². The van der Waals surface area contributed by atoms with Crippen molar-refractivity contribution in [3.63, 3.8) is 0 Å². The number of amides is 1. The molecule has 0 radical (unpaired) electrons. The van der Waals surface area contributed by atoms with E-state index in [2.05, 4.69) is 20.6 Å². The minimum absolute atomic E-state index is 0.176. The summed E-state index contributed by atoms with van der Waals surface area (Å²) < 4.78 is 1.65. The normalized spacial score (nSPS) is 20.9. The summed E-state index contributed by atoms with van der Waals surface area (Å²) >= 11 is 0. The minimum atomic E-state index is -0.613. The smallest absolute Gasteiger partial charge is 0.276 e. The highest BCUT2D eigenvalue weighted by Crippen LogP contribution is 2.37. The molecule has 8 heteroatoms. The molecule has 1 aliphatic carbocycles. The Morgan fingerprint density at radius 3 is 2.81 bits per heavy atom. The van der Waals surface area contributed by atoms with E-state index in [1.807, 2.05) is 6.92 Å². The molecule has 1 aromatic heterocycles. The molecular weight excluding hydrogens is 332 g/mol. The number of nitrogens with zero attached hydrogens (tertiary/aromatic N) is 3. The summed E-state index contributed by atoms with van der Waals surface area (Å²) in [4.78, 5) is 34.1. The molecule has 3 heterocycles. The molecule has 1 spiro atoms. The van der Waals surface area contributed by atoms with Crippen molar-refractivity contribution in [1.29, 1.82) is 0 Å². The minimum Gasteiger partial charge on any atom is -0.387 e. The summed E-state index contributed by atoms with van der Waals surface area (Å²) in [6.07, 6.45) is 8.55. The number of aliphatic imine (C=N–C) groups is 2. The van der Waals surface area contributed by atoms with Crippen molar-refractivity contribution in [2.24, 2.45) is 15.7 Å². The summed E-state index contributed by atoms with van der Waals surface area (Å²) in [5.74, 6) is 0.511. The quantitative estimate of drug-likeness (QED) is 0.710. The predicted octanol–water partition coefficient (Wildman–Crippen LogP) is 1.56. The van der Waals surface area contributed by atoms with Crippen LogP contribution >= 0.6 is 0 Å². The largest absolute Gasteiger partial charge is 0.387 e. The fourth-order valence-electron chi connectivity index (χ4n) is 4.02. The van der Waals surface area contributed by atoms with Crippen molar-refractivity contribution in [3.05, 3.63) is 40.0 Å². The average molecular weight is 354 g/mol. The first kappa shape index (κ1) is 16.6. The number of hydrogen-bond acceptors (Lipinski definition) is 6. The highest BCUT2D eigenvalue weighted by Gasteiger charge is 2.45. The van der Waals surface area contributed by atoms with E-state index in [1.165, 1.54) is 0 Å². The number of guanidine groups is 1. The summed E-state index contributed by atoms with van der Waals surface area (Å²) in [6.45, 7) is 1.84. The van der Waals surface area contributed by atoms with Gasteiger partial charge in [-0.2, -0.15) is 4.99 Å². The van der Waals surface area contributed by atoms with Gasteiger partial charge in [0.1, 0.15) is 22.9 Å². The molecule has 0 unspecified atom stereocenters. The first-order chi connectivity index (χ1) is 12.5. The maximum absolute atomic E-state index is 13.2. The average Bonchev–Trinajstić information content (AvgIpc) is 2.74. The zero-order valence-electron chi connectivity index (χ0n) is 14.7. The number of carbonyl (C=O) groups is 1. The van der Waals surface area contributed by atoms with Crippen molar-refractivity contribution in [3.8, 4) is 0 Å². The maximum Gasteiger partial charge on any atom is 0.276 e. The van der Waals surface area contributed by atoms with Crippen LogP contribution in [0.5, 0.6) is 0 Å². The Balaban J connectivity index is 1.81. The lowest BCUT2D eigenvalue weighted by Gasteiger charge is -2.35. The topological polar surface area (TPSA) is 114 Å². The number of nitrogens with one attached hydrogen (secondary N) is 2. The van der Waals surface area contributed by atoms with Gasteiger partial charge >= 0.3 is 0 Å². The molecule has 0 atom stereocenters. The number of aryl methyl sites for hydroxylation is 1.